The van der Waals surface area contributed by atoms with E-state index in [4.69, 9.17) is 9.47 Å². The first-order valence-corrected chi connectivity index (χ1v) is 13.2. The summed E-state index contributed by atoms with van der Waals surface area (Å²) in [6, 6.07) is 14.8. The van der Waals surface area contributed by atoms with Crippen molar-refractivity contribution in [2.24, 2.45) is 0 Å². The first kappa shape index (κ1) is 27.6. The topological polar surface area (TPSA) is 52.6 Å². The number of ether oxygens (including phenoxy) is 2. The number of esters is 2. The van der Waals surface area contributed by atoms with Gasteiger partial charge in [0.1, 0.15) is 0 Å². The van der Waals surface area contributed by atoms with Crippen LogP contribution in [0, 0.1) is 0 Å². The molecule has 34 heavy (non-hydrogen) atoms. The third-order valence-electron chi connectivity index (χ3n) is 5.99. The summed E-state index contributed by atoms with van der Waals surface area (Å²) in [5, 5.41) is 0. The van der Waals surface area contributed by atoms with E-state index in [1.807, 2.05) is 36.4 Å². The molecule has 2 rings (SSSR count). The largest absolute Gasteiger partial charge is 0.462 e. The van der Waals surface area contributed by atoms with Gasteiger partial charge in [-0.05, 0) is 48.2 Å². The molecule has 0 N–H and O–H groups in total. The van der Waals surface area contributed by atoms with Crippen molar-refractivity contribution in [3.63, 3.8) is 0 Å². The Hall–Kier alpha value is -2.62. The van der Waals surface area contributed by atoms with Crippen molar-refractivity contribution in [3.8, 4) is 11.1 Å². The second-order valence-corrected chi connectivity index (χ2v) is 8.97. The van der Waals surface area contributed by atoms with Crippen LogP contribution in [0.5, 0.6) is 0 Å². The molecule has 0 radical (unpaired) electrons. The SMILES string of the molecule is CCCCCCCCOC(=O)c1cccc(-c2cccc(C(=O)OCCCCCCCC)c2)c1. The summed E-state index contributed by atoms with van der Waals surface area (Å²) in [5.41, 5.74) is 2.80. The van der Waals surface area contributed by atoms with E-state index < -0.39 is 0 Å². The molecule has 0 aromatic heterocycles. The summed E-state index contributed by atoms with van der Waals surface area (Å²) < 4.78 is 10.9. The van der Waals surface area contributed by atoms with Crippen LogP contribution in [-0.4, -0.2) is 25.2 Å². The molecule has 0 saturated carbocycles. The smallest absolute Gasteiger partial charge is 0.338 e. The minimum Gasteiger partial charge on any atom is -0.462 e. The lowest BCUT2D eigenvalue weighted by Crippen LogP contribution is -2.07. The van der Waals surface area contributed by atoms with Gasteiger partial charge in [0.2, 0.25) is 0 Å². The van der Waals surface area contributed by atoms with Crippen LogP contribution in [0.1, 0.15) is 112 Å². The molecule has 0 aliphatic rings. The minimum atomic E-state index is -0.301. The fourth-order valence-corrected chi connectivity index (χ4v) is 3.91. The van der Waals surface area contributed by atoms with Crippen LogP contribution in [-0.2, 0) is 9.47 Å². The second kappa shape index (κ2) is 16.9. The first-order chi connectivity index (χ1) is 16.7. The highest BCUT2D eigenvalue weighted by molar-refractivity contribution is 5.93. The Labute approximate surface area is 206 Å². The summed E-state index contributed by atoms with van der Waals surface area (Å²) in [5.74, 6) is -0.602. The number of benzene rings is 2. The molecule has 2 aromatic rings. The molecule has 0 unspecified atom stereocenters. The van der Waals surface area contributed by atoms with Gasteiger partial charge in [0.25, 0.3) is 0 Å². The number of hydrogen-bond acceptors (Lipinski definition) is 4. The quantitative estimate of drug-likeness (QED) is 0.173. The highest BCUT2D eigenvalue weighted by Gasteiger charge is 2.11. The molecule has 0 aliphatic heterocycles. The van der Waals surface area contributed by atoms with Crippen molar-refractivity contribution >= 4 is 11.9 Å². The lowest BCUT2D eigenvalue weighted by molar-refractivity contribution is 0.0488. The highest BCUT2D eigenvalue weighted by atomic mass is 16.5. The Balaban J connectivity index is 1.84. The normalized spacial score (nSPS) is 10.8. The van der Waals surface area contributed by atoms with Crippen LogP contribution >= 0.6 is 0 Å². The van der Waals surface area contributed by atoms with E-state index in [0.29, 0.717) is 24.3 Å². The van der Waals surface area contributed by atoms with Gasteiger partial charge in [-0.1, -0.05) is 102 Å². The molecule has 0 amide bonds. The van der Waals surface area contributed by atoms with E-state index in [0.717, 1.165) is 36.8 Å². The molecule has 4 heteroatoms. The molecule has 0 saturated heterocycles. The molecule has 186 valence electrons. The molecular formula is C30H42O4. The number of rotatable bonds is 17. The van der Waals surface area contributed by atoms with Crippen molar-refractivity contribution in [1.82, 2.24) is 0 Å². The summed E-state index contributed by atoms with van der Waals surface area (Å²) in [7, 11) is 0. The van der Waals surface area contributed by atoms with Crippen molar-refractivity contribution in [1.29, 1.82) is 0 Å². The van der Waals surface area contributed by atoms with Gasteiger partial charge in [0.05, 0.1) is 24.3 Å². The van der Waals surface area contributed by atoms with Gasteiger partial charge in [-0.25, -0.2) is 9.59 Å². The minimum absolute atomic E-state index is 0.301. The standard InChI is InChI=1S/C30H42O4/c1-3-5-7-9-11-13-21-33-29(31)27-19-15-17-25(23-27)26-18-16-20-28(24-26)30(32)34-22-14-12-10-8-6-4-2/h15-20,23-24H,3-14,21-22H2,1-2H3. The third-order valence-corrected chi connectivity index (χ3v) is 5.99. The number of unbranched alkanes of at least 4 members (excludes halogenated alkanes) is 10. The molecule has 0 heterocycles. The lowest BCUT2D eigenvalue weighted by Gasteiger charge is -2.09. The molecule has 0 spiro atoms. The fraction of sp³-hybridized carbons (Fsp3) is 0.533. The van der Waals surface area contributed by atoms with E-state index in [-0.39, 0.29) is 11.9 Å². The van der Waals surface area contributed by atoms with Crippen LogP contribution in [0.15, 0.2) is 48.5 Å². The van der Waals surface area contributed by atoms with Crippen molar-refractivity contribution in [2.75, 3.05) is 13.2 Å². The van der Waals surface area contributed by atoms with Gasteiger partial charge in [0.15, 0.2) is 0 Å². The summed E-state index contributed by atoms with van der Waals surface area (Å²) >= 11 is 0. The molecule has 2 aromatic carbocycles. The first-order valence-electron chi connectivity index (χ1n) is 13.2. The summed E-state index contributed by atoms with van der Waals surface area (Å²) in [6.07, 6.45) is 13.9. The maximum Gasteiger partial charge on any atom is 0.338 e. The van der Waals surface area contributed by atoms with E-state index >= 15 is 0 Å². The van der Waals surface area contributed by atoms with Gasteiger partial charge in [0, 0.05) is 0 Å². The van der Waals surface area contributed by atoms with Gasteiger partial charge >= 0.3 is 11.9 Å². The molecular weight excluding hydrogens is 424 g/mol. The highest BCUT2D eigenvalue weighted by Crippen LogP contribution is 2.23. The van der Waals surface area contributed by atoms with Gasteiger partial charge < -0.3 is 9.47 Å². The van der Waals surface area contributed by atoms with E-state index in [1.165, 1.54) is 51.4 Å². The molecule has 4 nitrogen and oxygen atoms in total. The number of carbonyl (C=O) groups excluding carboxylic acids is 2. The van der Waals surface area contributed by atoms with Crippen molar-refractivity contribution in [3.05, 3.63) is 59.7 Å². The monoisotopic (exact) mass is 466 g/mol. The van der Waals surface area contributed by atoms with Gasteiger partial charge in [-0.2, -0.15) is 0 Å². The van der Waals surface area contributed by atoms with E-state index in [1.54, 1.807) is 12.1 Å². The van der Waals surface area contributed by atoms with Crippen molar-refractivity contribution < 1.29 is 19.1 Å². The summed E-state index contributed by atoms with van der Waals surface area (Å²) in [6.45, 7) is 5.31. The fourth-order valence-electron chi connectivity index (χ4n) is 3.91. The zero-order valence-electron chi connectivity index (χ0n) is 21.2. The predicted octanol–water partition coefficient (Wildman–Crippen LogP) is 8.39. The molecule has 0 bridgehead atoms. The summed E-state index contributed by atoms with van der Waals surface area (Å²) in [4.78, 5) is 24.9. The Morgan fingerprint density at radius 3 is 1.35 bits per heavy atom. The zero-order chi connectivity index (χ0) is 24.4. The number of hydrogen-bond donors (Lipinski definition) is 0. The second-order valence-electron chi connectivity index (χ2n) is 8.97. The van der Waals surface area contributed by atoms with Gasteiger partial charge in [-0.3, -0.25) is 0 Å². The van der Waals surface area contributed by atoms with Gasteiger partial charge in [-0.15, -0.1) is 0 Å². The Kier molecular flexibility index (Phi) is 13.7. The van der Waals surface area contributed by atoms with Crippen LogP contribution in [0.2, 0.25) is 0 Å². The number of carbonyl (C=O) groups is 2. The molecule has 0 fully saturated rings. The van der Waals surface area contributed by atoms with Crippen LogP contribution in [0.4, 0.5) is 0 Å². The maximum atomic E-state index is 12.5. The predicted molar refractivity (Wildman–Crippen MR) is 139 cm³/mol. The third kappa shape index (κ3) is 10.5. The van der Waals surface area contributed by atoms with Crippen molar-refractivity contribution in [2.45, 2.75) is 90.9 Å². The average molecular weight is 467 g/mol. The van der Waals surface area contributed by atoms with E-state index in [2.05, 4.69) is 13.8 Å². The van der Waals surface area contributed by atoms with Crippen LogP contribution < -0.4 is 0 Å². The average Bonchev–Trinajstić information content (AvgIpc) is 2.87. The van der Waals surface area contributed by atoms with Crippen LogP contribution in [0.3, 0.4) is 0 Å². The Morgan fingerprint density at radius 1 is 0.559 bits per heavy atom. The molecule has 0 atom stereocenters. The molecule has 0 aliphatic carbocycles. The lowest BCUT2D eigenvalue weighted by atomic mass is 10.0. The Morgan fingerprint density at radius 2 is 0.941 bits per heavy atom. The van der Waals surface area contributed by atoms with E-state index in [9.17, 15) is 9.59 Å². The zero-order valence-corrected chi connectivity index (χ0v) is 21.2. The Bertz CT molecular complexity index is 787. The van der Waals surface area contributed by atoms with Crippen LogP contribution in [0.25, 0.3) is 11.1 Å². The maximum absolute atomic E-state index is 12.5.